The van der Waals surface area contributed by atoms with Crippen LogP contribution >= 0.6 is 0 Å². The molecule has 57 heavy (non-hydrogen) atoms. The fraction of sp³-hybridized carbons (Fsp3) is 0.455. The maximum Gasteiger partial charge on any atom is 2.00 e. The molecule has 0 fully saturated rings. The van der Waals surface area contributed by atoms with E-state index in [1.807, 2.05) is 0 Å². The van der Waals surface area contributed by atoms with E-state index in [1.54, 1.807) is 42.5 Å². The minimum atomic E-state index is -4.61. The first kappa shape index (κ1) is 50.3. The second kappa shape index (κ2) is 27.0. The van der Waals surface area contributed by atoms with Crippen molar-refractivity contribution in [2.24, 2.45) is 0 Å². The first-order chi connectivity index (χ1) is 26.8. The summed E-state index contributed by atoms with van der Waals surface area (Å²) in [5.41, 5.74) is 1.51. The summed E-state index contributed by atoms with van der Waals surface area (Å²) >= 11 is 0. The molecule has 0 radical (unpaired) electrons. The number of ether oxygens (including phenoxy) is 2. The Balaban J connectivity index is 0.000000387. The summed E-state index contributed by atoms with van der Waals surface area (Å²) in [6.07, 6.45) is 20.3. The molecule has 0 amide bonds. The van der Waals surface area contributed by atoms with Gasteiger partial charge in [-0.05, 0) is 85.3 Å². The molecule has 13 heteroatoms. The number of aryl methyl sites for hydroxylation is 2. The van der Waals surface area contributed by atoms with E-state index in [9.17, 15) is 36.2 Å². The van der Waals surface area contributed by atoms with Crippen molar-refractivity contribution in [2.75, 3.05) is 0 Å². The number of phenolic OH excluding ortho intramolecular Hbond substituents is 1. The third-order valence-corrected chi connectivity index (χ3v) is 10.9. The topological polar surface area (TPSA) is 173 Å². The van der Waals surface area contributed by atoms with Gasteiger partial charge in [-0.25, -0.2) is 8.42 Å². The molecule has 0 spiro atoms. The van der Waals surface area contributed by atoms with Gasteiger partial charge in [-0.1, -0.05) is 140 Å². The summed E-state index contributed by atoms with van der Waals surface area (Å²) in [4.78, 5) is -0.530. The van der Waals surface area contributed by atoms with Crippen LogP contribution in [0, 0.1) is 0 Å². The van der Waals surface area contributed by atoms with Gasteiger partial charge in [0.1, 0.15) is 27.4 Å². The van der Waals surface area contributed by atoms with Gasteiger partial charge in [0.2, 0.25) is 0 Å². The van der Waals surface area contributed by atoms with Crippen LogP contribution in [0.15, 0.2) is 94.7 Å². The molecule has 0 unspecified atom stereocenters. The average Bonchev–Trinajstić information content (AvgIpc) is 3.15. The second-order valence-electron chi connectivity index (χ2n) is 14.1. The Morgan fingerprint density at radius 3 is 1.40 bits per heavy atom. The van der Waals surface area contributed by atoms with Crippen molar-refractivity contribution >= 4 is 58.0 Å². The van der Waals surface area contributed by atoms with Gasteiger partial charge in [-0.3, -0.25) is 4.55 Å². The zero-order chi connectivity index (χ0) is 40.8. The number of unbranched alkanes of at least 4 members (excludes halogenated alkanes) is 14. The molecule has 0 aliphatic heterocycles. The molecule has 0 heterocycles. The normalized spacial score (nSPS) is 11.3. The minimum absolute atomic E-state index is 0. The number of phenols is 1. The van der Waals surface area contributed by atoms with Crippen LogP contribution in [-0.2, 0) is 33.1 Å². The van der Waals surface area contributed by atoms with Gasteiger partial charge in [0, 0.05) is 6.07 Å². The van der Waals surface area contributed by atoms with Gasteiger partial charge in [0.05, 0.1) is 9.79 Å². The van der Waals surface area contributed by atoms with Gasteiger partial charge in [0.25, 0.3) is 10.1 Å². The molecule has 0 bridgehead atoms. The standard InChI is InChI=1S/2C22H30O5S.Ca/c2*1-2-3-4-5-6-7-8-9-12-18-15-19(17-20(16-18)28(24,25)26)27-22-14-11-10-13-21(22)23;/h2*10-11,13-17,23H,2-9,12H2,1H3,(H,24,25,26);/q;;+2/p-2. The summed E-state index contributed by atoms with van der Waals surface area (Å²) in [5, 5.41) is 21.7. The van der Waals surface area contributed by atoms with Gasteiger partial charge in [0.15, 0.2) is 11.5 Å². The number of para-hydroxylation sites is 4. The third kappa shape index (κ3) is 20.1. The maximum atomic E-state index is 11.8. The monoisotopic (exact) mass is 850 g/mol. The van der Waals surface area contributed by atoms with Crippen molar-refractivity contribution in [1.82, 2.24) is 0 Å². The Hall–Kier alpha value is -2.84. The fourth-order valence-corrected chi connectivity index (χ4v) is 7.34. The van der Waals surface area contributed by atoms with E-state index in [2.05, 4.69) is 13.8 Å². The van der Waals surface area contributed by atoms with E-state index >= 15 is 0 Å². The molecule has 0 aliphatic rings. The molecule has 4 aromatic rings. The Kier molecular flexibility index (Phi) is 23.8. The van der Waals surface area contributed by atoms with Gasteiger partial charge >= 0.3 is 37.7 Å². The van der Waals surface area contributed by atoms with Crippen molar-refractivity contribution in [1.29, 1.82) is 0 Å². The minimum Gasteiger partial charge on any atom is -0.870 e. The zero-order valence-corrected chi connectivity index (χ0v) is 37.3. The Labute approximate surface area is 370 Å². The smallest absolute Gasteiger partial charge is 0.870 e. The Morgan fingerprint density at radius 2 is 0.947 bits per heavy atom. The SMILES string of the molecule is CCCCCCCCCCc1cc(Oc2ccccc2O)cc(S(=O)(=O)O)c1.CCCCCCCCCCc1cc(Oc2ccccc2[O-])cc(S(=O)(=O)[O-])c1.[Ca+2]. The molecule has 308 valence electrons. The van der Waals surface area contributed by atoms with Crippen LogP contribution in [0.1, 0.15) is 128 Å². The predicted octanol–water partition coefficient (Wildman–Crippen LogP) is 10.9. The van der Waals surface area contributed by atoms with Gasteiger partial charge < -0.3 is 24.2 Å². The first-order valence-electron chi connectivity index (χ1n) is 19.9. The van der Waals surface area contributed by atoms with E-state index in [-0.39, 0.29) is 82.0 Å². The Morgan fingerprint density at radius 1 is 0.544 bits per heavy atom. The molecule has 0 aliphatic carbocycles. The van der Waals surface area contributed by atoms with Crippen LogP contribution in [0.2, 0.25) is 0 Å². The van der Waals surface area contributed by atoms with E-state index in [0.29, 0.717) is 12.8 Å². The van der Waals surface area contributed by atoms with Gasteiger partial charge in [-0.2, -0.15) is 8.42 Å². The summed E-state index contributed by atoms with van der Waals surface area (Å²) in [6.45, 7) is 4.40. The predicted molar refractivity (Wildman–Crippen MR) is 223 cm³/mol. The van der Waals surface area contributed by atoms with Crippen LogP contribution in [0.4, 0.5) is 0 Å². The van der Waals surface area contributed by atoms with Crippen LogP contribution < -0.4 is 14.6 Å². The van der Waals surface area contributed by atoms with Crippen molar-refractivity contribution in [3.05, 3.63) is 96.1 Å². The van der Waals surface area contributed by atoms with E-state index < -0.39 is 20.2 Å². The molecule has 0 atom stereocenters. The van der Waals surface area contributed by atoms with Crippen molar-refractivity contribution < 1.29 is 45.6 Å². The second-order valence-corrected chi connectivity index (χ2v) is 16.9. The van der Waals surface area contributed by atoms with Crippen LogP contribution in [0.5, 0.6) is 34.5 Å². The van der Waals surface area contributed by atoms with Crippen LogP contribution in [0.3, 0.4) is 0 Å². The van der Waals surface area contributed by atoms with E-state index in [1.165, 1.54) is 113 Å². The van der Waals surface area contributed by atoms with Crippen LogP contribution in [0.25, 0.3) is 0 Å². The zero-order valence-electron chi connectivity index (χ0n) is 33.5. The van der Waals surface area contributed by atoms with Crippen LogP contribution in [-0.4, -0.2) is 68.8 Å². The summed E-state index contributed by atoms with van der Waals surface area (Å²) in [6, 6.07) is 21.4. The van der Waals surface area contributed by atoms with Gasteiger partial charge in [-0.15, -0.1) is 0 Å². The maximum absolute atomic E-state index is 11.8. The number of rotatable bonds is 24. The average molecular weight is 851 g/mol. The largest absolute Gasteiger partial charge is 2.00 e. The third-order valence-electron chi connectivity index (χ3n) is 9.27. The van der Waals surface area contributed by atoms with E-state index in [4.69, 9.17) is 9.47 Å². The Bertz CT molecular complexity index is 1840. The quantitative estimate of drug-likeness (QED) is 0.0392. The number of benzene rings is 4. The van der Waals surface area contributed by atoms with E-state index in [0.717, 1.165) is 43.2 Å². The molecule has 0 saturated heterocycles. The number of hydrogen-bond donors (Lipinski definition) is 2. The summed E-state index contributed by atoms with van der Waals surface area (Å²) < 4.78 is 78.3. The molecular weight excluding hydrogens is 793 g/mol. The van der Waals surface area contributed by atoms with Crippen molar-refractivity contribution in [3.63, 3.8) is 0 Å². The molecule has 0 saturated carbocycles. The molecule has 10 nitrogen and oxygen atoms in total. The van der Waals surface area contributed by atoms with Crippen molar-refractivity contribution in [3.8, 4) is 34.5 Å². The molecule has 4 rings (SSSR count). The van der Waals surface area contributed by atoms with Crippen molar-refractivity contribution in [2.45, 2.75) is 139 Å². The molecule has 0 aromatic heterocycles. The summed E-state index contributed by atoms with van der Waals surface area (Å²) in [5.74, 6) is 0.446. The number of aromatic hydroxyl groups is 1. The number of hydrogen-bond acceptors (Lipinski definition) is 9. The first-order valence-corrected chi connectivity index (χ1v) is 22.8. The summed E-state index contributed by atoms with van der Waals surface area (Å²) in [7, 11) is -8.95. The fourth-order valence-electron chi connectivity index (χ4n) is 6.22. The molecule has 2 N–H and O–H groups in total. The molecule has 4 aromatic carbocycles. The molecular formula is C44H58CaO10S2.